The minimum Gasteiger partial charge on any atom is -0.494 e. The second-order valence-electron chi connectivity index (χ2n) is 6.94. The van der Waals surface area contributed by atoms with Gasteiger partial charge in [-0.15, -0.1) is 0 Å². The van der Waals surface area contributed by atoms with E-state index in [1.165, 1.54) is 13.2 Å². The van der Waals surface area contributed by atoms with Crippen molar-refractivity contribution in [1.29, 1.82) is 0 Å². The first-order valence-corrected chi connectivity index (χ1v) is 9.51. The Bertz CT molecular complexity index is 826. The molecule has 0 spiro atoms. The Morgan fingerprint density at radius 1 is 1.25 bits per heavy atom. The highest BCUT2D eigenvalue weighted by atomic mass is 19.1. The summed E-state index contributed by atoms with van der Waals surface area (Å²) in [5, 5.41) is 3.04. The van der Waals surface area contributed by atoms with Crippen molar-refractivity contribution in [1.82, 2.24) is 10.2 Å². The van der Waals surface area contributed by atoms with Gasteiger partial charge in [0.25, 0.3) is 0 Å². The van der Waals surface area contributed by atoms with Crippen LogP contribution in [0.5, 0.6) is 5.75 Å². The molecule has 3 rings (SSSR count). The first kappa shape index (κ1) is 19.9. The third-order valence-corrected chi connectivity index (χ3v) is 4.97. The Labute approximate surface area is 164 Å². The summed E-state index contributed by atoms with van der Waals surface area (Å²) in [6.07, 6.45) is 2.09. The van der Waals surface area contributed by atoms with Gasteiger partial charge in [0.1, 0.15) is 0 Å². The van der Waals surface area contributed by atoms with Crippen LogP contribution in [-0.2, 0) is 16.0 Å². The summed E-state index contributed by atoms with van der Waals surface area (Å²) < 4.78 is 18.7. The second-order valence-corrected chi connectivity index (χ2v) is 6.94. The fourth-order valence-corrected chi connectivity index (χ4v) is 3.43. The Morgan fingerprint density at radius 2 is 2.04 bits per heavy atom. The largest absolute Gasteiger partial charge is 0.494 e. The quantitative estimate of drug-likeness (QED) is 0.760. The molecule has 0 aliphatic carbocycles. The van der Waals surface area contributed by atoms with Gasteiger partial charge in [-0.05, 0) is 36.1 Å². The number of carbonyl (C=O) groups is 2. The number of hydrogen-bond donors (Lipinski definition) is 1. The van der Waals surface area contributed by atoms with Crippen molar-refractivity contribution in [2.45, 2.75) is 31.7 Å². The van der Waals surface area contributed by atoms with E-state index in [0.29, 0.717) is 19.4 Å². The highest BCUT2D eigenvalue weighted by Gasteiger charge is 2.25. The molecular formula is C22H25FN2O3. The molecule has 28 heavy (non-hydrogen) atoms. The van der Waals surface area contributed by atoms with Gasteiger partial charge in [-0.1, -0.05) is 36.4 Å². The summed E-state index contributed by atoms with van der Waals surface area (Å²) in [7, 11) is 1.42. The van der Waals surface area contributed by atoms with Crippen LogP contribution < -0.4 is 10.1 Å². The zero-order valence-electron chi connectivity index (χ0n) is 16.0. The van der Waals surface area contributed by atoms with Gasteiger partial charge >= 0.3 is 0 Å². The molecule has 1 saturated heterocycles. The summed E-state index contributed by atoms with van der Waals surface area (Å²) >= 11 is 0. The average Bonchev–Trinajstić information content (AvgIpc) is 3.11. The number of ether oxygens (including phenoxy) is 1. The Hall–Kier alpha value is -2.89. The Morgan fingerprint density at radius 3 is 2.68 bits per heavy atom. The molecule has 1 aliphatic rings. The molecule has 0 bridgehead atoms. The monoisotopic (exact) mass is 384 g/mol. The average molecular weight is 384 g/mol. The van der Waals surface area contributed by atoms with Crippen molar-refractivity contribution in [2.24, 2.45) is 0 Å². The molecule has 5 nitrogen and oxygen atoms in total. The molecule has 1 heterocycles. The minimum atomic E-state index is -0.435. The molecule has 1 N–H and O–H groups in total. The van der Waals surface area contributed by atoms with Crippen molar-refractivity contribution < 1.29 is 18.7 Å². The number of hydrogen-bond acceptors (Lipinski definition) is 3. The molecule has 2 amide bonds. The second kappa shape index (κ2) is 9.35. The SMILES string of the molecule is COc1ccc(CCC(=O)N[C@@H](CN2CCCC2=O)c2ccccc2)cc1F. The number of nitrogens with zero attached hydrogens (tertiary/aromatic N) is 1. The summed E-state index contributed by atoms with van der Waals surface area (Å²) in [6.45, 7) is 1.19. The number of nitrogens with one attached hydrogen (secondary N) is 1. The van der Waals surface area contributed by atoms with Crippen LogP contribution in [0.2, 0.25) is 0 Å². The molecular weight excluding hydrogens is 359 g/mol. The predicted molar refractivity (Wildman–Crippen MR) is 104 cm³/mol. The lowest BCUT2D eigenvalue weighted by atomic mass is 10.0. The van der Waals surface area contributed by atoms with E-state index in [9.17, 15) is 14.0 Å². The molecule has 2 aromatic rings. The first-order chi connectivity index (χ1) is 13.6. The molecule has 0 saturated carbocycles. The van der Waals surface area contributed by atoms with Gasteiger partial charge in [0.15, 0.2) is 11.6 Å². The summed E-state index contributed by atoms with van der Waals surface area (Å²) in [5.74, 6) is -0.247. The van der Waals surface area contributed by atoms with Crippen molar-refractivity contribution in [3.63, 3.8) is 0 Å². The maximum Gasteiger partial charge on any atom is 0.222 e. The third kappa shape index (κ3) is 5.09. The van der Waals surface area contributed by atoms with Crippen LogP contribution in [0.3, 0.4) is 0 Å². The summed E-state index contributed by atoms with van der Waals surface area (Å²) in [4.78, 5) is 26.3. The standard InChI is InChI=1S/C22H25FN2O3/c1-28-20-11-9-16(14-18(20)23)10-12-21(26)24-19(17-6-3-2-4-7-17)15-25-13-5-8-22(25)27/h2-4,6-7,9,11,14,19H,5,8,10,12-13,15H2,1H3,(H,24,26)/t19-/m0/s1. The molecule has 0 unspecified atom stereocenters. The Balaban J connectivity index is 1.62. The van der Waals surface area contributed by atoms with Crippen molar-refractivity contribution in [3.8, 4) is 5.75 Å². The molecule has 1 atom stereocenters. The number of likely N-dealkylation sites (tertiary alicyclic amines) is 1. The van der Waals surface area contributed by atoms with E-state index in [2.05, 4.69) is 5.32 Å². The van der Waals surface area contributed by atoms with E-state index >= 15 is 0 Å². The van der Waals surface area contributed by atoms with Gasteiger partial charge in [0, 0.05) is 25.9 Å². The molecule has 0 aromatic heterocycles. The smallest absolute Gasteiger partial charge is 0.222 e. The predicted octanol–water partition coefficient (Wildman–Crippen LogP) is 3.25. The fraction of sp³-hybridized carbons (Fsp3) is 0.364. The molecule has 1 aliphatic heterocycles. The first-order valence-electron chi connectivity index (χ1n) is 9.51. The number of methoxy groups -OCH3 is 1. The van der Waals surface area contributed by atoms with Crippen molar-refractivity contribution in [2.75, 3.05) is 20.2 Å². The molecule has 6 heteroatoms. The minimum absolute atomic E-state index is 0.128. The number of halogens is 1. The van der Waals surface area contributed by atoms with Gasteiger partial charge in [-0.2, -0.15) is 0 Å². The zero-order valence-corrected chi connectivity index (χ0v) is 16.0. The van der Waals surface area contributed by atoms with E-state index in [0.717, 1.165) is 24.1 Å². The topological polar surface area (TPSA) is 58.6 Å². The number of benzene rings is 2. The van der Waals surface area contributed by atoms with Crippen molar-refractivity contribution in [3.05, 3.63) is 65.5 Å². The normalized spacial score (nSPS) is 14.8. The number of aryl methyl sites for hydroxylation is 1. The number of carbonyl (C=O) groups excluding carboxylic acids is 2. The summed E-state index contributed by atoms with van der Waals surface area (Å²) in [5.41, 5.74) is 1.70. The summed E-state index contributed by atoms with van der Waals surface area (Å²) in [6, 6.07) is 14.1. The van der Waals surface area contributed by atoms with Gasteiger partial charge in [0.2, 0.25) is 11.8 Å². The van der Waals surface area contributed by atoms with E-state index in [4.69, 9.17) is 4.74 Å². The maximum atomic E-state index is 13.8. The zero-order chi connectivity index (χ0) is 19.9. The van der Waals surface area contributed by atoms with Crippen LogP contribution in [0.1, 0.15) is 36.4 Å². The molecule has 1 fully saturated rings. The van der Waals surface area contributed by atoms with Crippen molar-refractivity contribution >= 4 is 11.8 Å². The van der Waals surface area contributed by atoms with E-state index < -0.39 is 5.82 Å². The van der Waals surface area contributed by atoms with E-state index in [1.807, 2.05) is 30.3 Å². The molecule has 0 radical (unpaired) electrons. The lowest BCUT2D eigenvalue weighted by molar-refractivity contribution is -0.129. The van der Waals surface area contributed by atoms with Gasteiger partial charge < -0.3 is 15.0 Å². The highest BCUT2D eigenvalue weighted by molar-refractivity contribution is 5.79. The van der Waals surface area contributed by atoms with E-state index in [1.54, 1.807) is 17.0 Å². The van der Waals surface area contributed by atoms with Crippen LogP contribution in [0.4, 0.5) is 4.39 Å². The van der Waals surface area contributed by atoms with Crippen LogP contribution in [-0.4, -0.2) is 36.9 Å². The molecule has 148 valence electrons. The number of rotatable bonds is 8. The van der Waals surface area contributed by atoms with Gasteiger partial charge in [0.05, 0.1) is 13.2 Å². The lowest BCUT2D eigenvalue weighted by Gasteiger charge is -2.25. The van der Waals surface area contributed by atoms with Crippen LogP contribution in [0.25, 0.3) is 0 Å². The number of amides is 2. The Kier molecular flexibility index (Phi) is 6.63. The molecule has 2 aromatic carbocycles. The van der Waals surface area contributed by atoms with E-state index in [-0.39, 0.29) is 30.0 Å². The van der Waals surface area contributed by atoms with Gasteiger partial charge in [-0.25, -0.2) is 4.39 Å². The van der Waals surface area contributed by atoms with Crippen LogP contribution in [0.15, 0.2) is 48.5 Å². The fourth-order valence-electron chi connectivity index (χ4n) is 3.43. The lowest BCUT2D eigenvalue weighted by Crippen LogP contribution is -2.38. The highest BCUT2D eigenvalue weighted by Crippen LogP contribution is 2.20. The van der Waals surface area contributed by atoms with Crippen LogP contribution in [0, 0.1) is 5.82 Å². The third-order valence-electron chi connectivity index (χ3n) is 4.97. The van der Waals surface area contributed by atoms with Gasteiger partial charge in [-0.3, -0.25) is 9.59 Å². The maximum absolute atomic E-state index is 13.8. The van der Waals surface area contributed by atoms with Crippen LogP contribution >= 0.6 is 0 Å².